The Labute approximate surface area is 145 Å². The first kappa shape index (κ1) is 17.8. The fraction of sp³-hybridized carbons (Fsp3) is 0.333. The normalized spacial score (nSPS) is 10.6. The molecule has 23 heavy (non-hydrogen) atoms. The fourth-order valence-electron chi connectivity index (χ4n) is 2.18. The molecule has 0 atom stereocenters. The van der Waals surface area contributed by atoms with E-state index < -0.39 is 0 Å². The van der Waals surface area contributed by atoms with Gasteiger partial charge in [0.1, 0.15) is 6.61 Å². The van der Waals surface area contributed by atoms with E-state index in [4.69, 9.17) is 14.2 Å². The number of nitrogens with one attached hydrogen (secondary N) is 1. The van der Waals surface area contributed by atoms with Crippen LogP contribution in [0.1, 0.15) is 11.1 Å². The molecule has 1 N–H and O–H groups in total. The van der Waals surface area contributed by atoms with Crippen molar-refractivity contribution in [3.05, 3.63) is 58.1 Å². The van der Waals surface area contributed by atoms with Gasteiger partial charge < -0.3 is 19.5 Å². The number of hydrogen-bond acceptors (Lipinski definition) is 4. The number of benzene rings is 2. The number of methoxy groups -OCH3 is 2. The minimum atomic E-state index is 0.499. The highest BCUT2D eigenvalue weighted by molar-refractivity contribution is 9.10. The van der Waals surface area contributed by atoms with Gasteiger partial charge in [0.2, 0.25) is 0 Å². The van der Waals surface area contributed by atoms with Crippen molar-refractivity contribution >= 4 is 15.9 Å². The molecule has 0 spiro atoms. The Hall–Kier alpha value is -1.56. The molecular formula is C18H22BrNO3. The Balaban J connectivity index is 2.15. The van der Waals surface area contributed by atoms with E-state index in [0.717, 1.165) is 33.6 Å². The molecule has 4 nitrogen and oxygen atoms in total. The monoisotopic (exact) mass is 379 g/mol. The number of halogens is 1. The topological polar surface area (TPSA) is 39.7 Å². The van der Waals surface area contributed by atoms with Gasteiger partial charge in [-0.15, -0.1) is 0 Å². The van der Waals surface area contributed by atoms with Gasteiger partial charge in [0.25, 0.3) is 0 Å². The van der Waals surface area contributed by atoms with E-state index in [1.54, 1.807) is 14.2 Å². The molecule has 124 valence electrons. The smallest absolute Gasteiger partial charge is 0.167 e. The van der Waals surface area contributed by atoms with Crippen molar-refractivity contribution in [2.24, 2.45) is 0 Å². The first-order valence-corrected chi connectivity index (χ1v) is 8.27. The SMILES string of the molecule is COCCNCc1c(Br)ccc(OC)c1OCc1ccccc1. The van der Waals surface area contributed by atoms with Crippen molar-refractivity contribution in [3.63, 3.8) is 0 Å². The van der Waals surface area contributed by atoms with E-state index in [1.807, 2.05) is 42.5 Å². The standard InChI is InChI=1S/C18H22BrNO3/c1-21-11-10-20-12-15-16(19)8-9-17(22-2)18(15)23-13-14-6-4-3-5-7-14/h3-9,20H,10-13H2,1-2H3. The molecule has 0 heterocycles. The molecule has 0 saturated carbocycles. The summed E-state index contributed by atoms with van der Waals surface area (Å²) in [5, 5.41) is 3.34. The van der Waals surface area contributed by atoms with E-state index in [1.165, 1.54) is 0 Å². The van der Waals surface area contributed by atoms with Crippen molar-refractivity contribution in [1.29, 1.82) is 0 Å². The molecule has 0 saturated heterocycles. The highest BCUT2D eigenvalue weighted by atomic mass is 79.9. The Morgan fingerprint density at radius 2 is 1.83 bits per heavy atom. The molecule has 5 heteroatoms. The van der Waals surface area contributed by atoms with E-state index >= 15 is 0 Å². The first-order chi connectivity index (χ1) is 11.3. The van der Waals surface area contributed by atoms with Crippen molar-refractivity contribution in [2.75, 3.05) is 27.4 Å². The van der Waals surface area contributed by atoms with Crippen LogP contribution in [0.25, 0.3) is 0 Å². The van der Waals surface area contributed by atoms with Crippen molar-refractivity contribution in [1.82, 2.24) is 5.32 Å². The van der Waals surface area contributed by atoms with Gasteiger partial charge in [0, 0.05) is 30.2 Å². The molecule has 2 aromatic rings. The summed E-state index contributed by atoms with van der Waals surface area (Å²) in [6.07, 6.45) is 0. The van der Waals surface area contributed by atoms with E-state index in [-0.39, 0.29) is 0 Å². The van der Waals surface area contributed by atoms with Crippen LogP contribution in [0.5, 0.6) is 11.5 Å². The van der Waals surface area contributed by atoms with Crippen molar-refractivity contribution < 1.29 is 14.2 Å². The molecule has 0 aromatic heterocycles. The highest BCUT2D eigenvalue weighted by Crippen LogP contribution is 2.36. The van der Waals surface area contributed by atoms with Crippen molar-refractivity contribution in [3.8, 4) is 11.5 Å². The maximum Gasteiger partial charge on any atom is 0.167 e. The lowest BCUT2D eigenvalue weighted by atomic mass is 10.1. The fourth-order valence-corrected chi connectivity index (χ4v) is 2.64. The van der Waals surface area contributed by atoms with Crippen LogP contribution in [0, 0.1) is 0 Å². The molecule has 0 aliphatic heterocycles. The second kappa shape index (κ2) is 9.55. The highest BCUT2D eigenvalue weighted by Gasteiger charge is 2.14. The number of hydrogen-bond donors (Lipinski definition) is 1. The van der Waals surface area contributed by atoms with Crippen LogP contribution in [-0.4, -0.2) is 27.4 Å². The zero-order valence-electron chi connectivity index (χ0n) is 13.5. The van der Waals surface area contributed by atoms with Crippen LogP contribution in [0.2, 0.25) is 0 Å². The maximum atomic E-state index is 6.06. The summed E-state index contributed by atoms with van der Waals surface area (Å²) in [7, 11) is 3.35. The van der Waals surface area contributed by atoms with Crippen LogP contribution in [0.4, 0.5) is 0 Å². The van der Waals surface area contributed by atoms with Gasteiger partial charge in [0.15, 0.2) is 11.5 Å². The Kier molecular flexibility index (Phi) is 7.39. The second-order valence-electron chi connectivity index (χ2n) is 5.00. The van der Waals surface area contributed by atoms with Crippen LogP contribution < -0.4 is 14.8 Å². The minimum absolute atomic E-state index is 0.499. The van der Waals surface area contributed by atoms with Gasteiger partial charge in [-0.2, -0.15) is 0 Å². The molecule has 2 rings (SSSR count). The molecule has 0 bridgehead atoms. The van der Waals surface area contributed by atoms with Crippen LogP contribution in [0.15, 0.2) is 46.9 Å². The summed E-state index contributed by atoms with van der Waals surface area (Å²) in [4.78, 5) is 0. The predicted molar refractivity (Wildman–Crippen MR) is 95.1 cm³/mol. The number of ether oxygens (including phenoxy) is 3. The van der Waals surface area contributed by atoms with Crippen LogP contribution in [0.3, 0.4) is 0 Å². The summed E-state index contributed by atoms with van der Waals surface area (Å²) in [5.41, 5.74) is 2.16. The Bertz CT molecular complexity index is 605. The predicted octanol–water partition coefficient (Wildman–Crippen LogP) is 3.77. The molecular weight excluding hydrogens is 358 g/mol. The average molecular weight is 380 g/mol. The lowest BCUT2D eigenvalue weighted by molar-refractivity contribution is 0.199. The second-order valence-corrected chi connectivity index (χ2v) is 5.86. The van der Waals surface area contributed by atoms with Gasteiger partial charge in [0.05, 0.1) is 13.7 Å². The summed E-state index contributed by atoms with van der Waals surface area (Å²) in [6, 6.07) is 14.0. The van der Waals surface area contributed by atoms with Crippen molar-refractivity contribution in [2.45, 2.75) is 13.2 Å². The molecule has 2 aromatic carbocycles. The summed E-state index contributed by atoms with van der Waals surface area (Å²) in [6.45, 7) is 2.62. The third kappa shape index (κ3) is 5.23. The van der Waals surface area contributed by atoms with Gasteiger partial charge in [-0.1, -0.05) is 46.3 Å². The van der Waals surface area contributed by atoms with Gasteiger partial charge >= 0.3 is 0 Å². The molecule has 0 fully saturated rings. The van der Waals surface area contributed by atoms with E-state index in [2.05, 4.69) is 21.2 Å². The zero-order chi connectivity index (χ0) is 16.5. The molecule has 0 aliphatic carbocycles. The zero-order valence-corrected chi connectivity index (χ0v) is 15.1. The van der Waals surface area contributed by atoms with Crippen LogP contribution in [-0.2, 0) is 17.9 Å². The lowest BCUT2D eigenvalue weighted by Gasteiger charge is -2.17. The van der Waals surface area contributed by atoms with Gasteiger partial charge in [-0.3, -0.25) is 0 Å². The van der Waals surface area contributed by atoms with Crippen LogP contribution >= 0.6 is 15.9 Å². The maximum absolute atomic E-state index is 6.06. The summed E-state index contributed by atoms with van der Waals surface area (Å²) >= 11 is 3.60. The van der Waals surface area contributed by atoms with E-state index in [9.17, 15) is 0 Å². The first-order valence-electron chi connectivity index (χ1n) is 7.48. The third-order valence-corrected chi connectivity index (χ3v) is 4.14. The number of rotatable bonds is 9. The third-order valence-electron chi connectivity index (χ3n) is 3.40. The molecule has 0 amide bonds. The minimum Gasteiger partial charge on any atom is -0.493 e. The molecule has 0 unspecified atom stereocenters. The average Bonchev–Trinajstić information content (AvgIpc) is 2.59. The summed E-state index contributed by atoms with van der Waals surface area (Å²) < 4.78 is 17.6. The molecule has 0 radical (unpaired) electrons. The summed E-state index contributed by atoms with van der Waals surface area (Å²) in [5.74, 6) is 1.49. The van der Waals surface area contributed by atoms with E-state index in [0.29, 0.717) is 19.8 Å². The quantitative estimate of drug-likeness (QED) is 0.673. The lowest BCUT2D eigenvalue weighted by Crippen LogP contribution is -2.19. The Morgan fingerprint density at radius 3 is 2.52 bits per heavy atom. The van der Waals surface area contributed by atoms with Gasteiger partial charge in [-0.05, 0) is 17.7 Å². The Morgan fingerprint density at radius 1 is 1.04 bits per heavy atom. The van der Waals surface area contributed by atoms with Gasteiger partial charge in [-0.25, -0.2) is 0 Å². The largest absolute Gasteiger partial charge is 0.493 e. The molecule has 0 aliphatic rings.